The van der Waals surface area contributed by atoms with Gasteiger partial charge in [-0.25, -0.2) is 0 Å². The molecule has 2 aliphatic heterocycles. The molecule has 4 heteroatoms. The Kier molecular flexibility index (Phi) is 9.23. The van der Waals surface area contributed by atoms with Crippen molar-refractivity contribution in [3.63, 3.8) is 0 Å². The van der Waals surface area contributed by atoms with Crippen LogP contribution in [0.3, 0.4) is 0 Å². The molecular formula is C27H40N2O2. The molecule has 0 radical (unpaired) electrons. The third kappa shape index (κ3) is 8.19. The van der Waals surface area contributed by atoms with E-state index in [1.54, 1.807) is 0 Å². The lowest BCUT2D eigenvalue weighted by Crippen LogP contribution is -2.45. The van der Waals surface area contributed by atoms with E-state index in [9.17, 15) is 0 Å². The number of hydrogen-bond acceptors (Lipinski definition) is 4. The molecule has 0 saturated carbocycles. The normalized spacial score (nSPS) is 17.8. The molecule has 1 saturated heterocycles. The summed E-state index contributed by atoms with van der Waals surface area (Å²) >= 11 is 0. The molecule has 1 aromatic rings. The summed E-state index contributed by atoms with van der Waals surface area (Å²) in [6.45, 7) is 15.8. The van der Waals surface area contributed by atoms with Crippen LogP contribution in [0.2, 0.25) is 0 Å². The van der Waals surface area contributed by atoms with E-state index in [0.29, 0.717) is 6.79 Å². The average Bonchev–Trinajstić information content (AvgIpc) is 3.21. The van der Waals surface area contributed by atoms with Gasteiger partial charge in [0.15, 0.2) is 11.5 Å². The van der Waals surface area contributed by atoms with Gasteiger partial charge in [-0.2, -0.15) is 0 Å². The monoisotopic (exact) mass is 424 g/mol. The first kappa shape index (κ1) is 23.6. The summed E-state index contributed by atoms with van der Waals surface area (Å²) in [6.07, 6.45) is 11.9. The van der Waals surface area contributed by atoms with E-state index in [2.05, 4.69) is 67.9 Å². The van der Waals surface area contributed by atoms with Gasteiger partial charge in [-0.1, -0.05) is 41.0 Å². The summed E-state index contributed by atoms with van der Waals surface area (Å²) in [6, 6.07) is 6.31. The Hall–Kier alpha value is -2.04. The zero-order valence-corrected chi connectivity index (χ0v) is 20.0. The Bertz CT molecular complexity index is 797. The van der Waals surface area contributed by atoms with E-state index in [1.165, 1.54) is 41.5 Å². The first-order chi connectivity index (χ1) is 15.0. The number of nitrogens with zero attached hydrogens (tertiary/aromatic N) is 2. The third-order valence-corrected chi connectivity index (χ3v) is 6.13. The van der Waals surface area contributed by atoms with Gasteiger partial charge in [0.25, 0.3) is 0 Å². The van der Waals surface area contributed by atoms with Crippen molar-refractivity contribution in [1.29, 1.82) is 0 Å². The molecule has 0 atom stereocenters. The van der Waals surface area contributed by atoms with Gasteiger partial charge in [0.1, 0.15) is 0 Å². The van der Waals surface area contributed by atoms with Gasteiger partial charge < -0.3 is 9.47 Å². The molecule has 0 unspecified atom stereocenters. The fourth-order valence-electron chi connectivity index (χ4n) is 4.05. The highest BCUT2D eigenvalue weighted by Gasteiger charge is 2.18. The molecule has 2 aliphatic rings. The summed E-state index contributed by atoms with van der Waals surface area (Å²) in [5.74, 6) is 1.75. The molecule has 31 heavy (non-hydrogen) atoms. The molecule has 0 bridgehead atoms. The largest absolute Gasteiger partial charge is 0.454 e. The predicted molar refractivity (Wildman–Crippen MR) is 130 cm³/mol. The van der Waals surface area contributed by atoms with Gasteiger partial charge in [-0.15, -0.1) is 0 Å². The van der Waals surface area contributed by atoms with Crippen LogP contribution in [0.5, 0.6) is 11.5 Å². The molecule has 4 nitrogen and oxygen atoms in total. The molecule has 0 aliphatic carbocycles. The van der Waals surface area contributed by atoms with Gasteiger partial charge in [0.05, 0.1) is 0 Å². The maximum Gasteiger partial charge on any atom is 0.231 e. The van der Waals surface area contributed by atoms with Crippen LogP contribution < -0.4 is 9.47 Å². The van der Waals surface area contributed by atoms with Crippen LogP contribution in [0.25, 0.3) is 0 Å². The zero-order chi connectivity index (χ0) is 22.1. The minimum atomic E-state index is 0.344. The minimum Gasteiger partial charge on any atom is -0.454 e. The fourth-order valence-corrected chi connectivity index (χ4v) is 4.05. The van der Waals surface area contributed by atoms with Crippen LogP contribution in [0.4, 0.5) is 0 Å². The lowest BCUT2D eigenvalue weighted by Gasteiger charge is -2.34. The molecule has 0 N–H and O–H groups in total. The van der Waals surface area contributed by atoms with Crippen LogP contribution >= 0.6 is 0 Å². The van der Waals surface area contributed by atoms with Crippen molar-refractivity contribution in [3.05, 3.63) is 58.7 Å². The lowest BCUT2D eigenvalue weighted by atomic mass is 10.1. The Morgan fingerprint density at radius 3 is 2.19 bits per heavy atom. The van der Waals surface area contributed by atoms with Crippen LogP contribution in [0.15, 0.2) is 53.1 Å². The summed E-state index contributed by atoms with van der Waals surface area (Å²) < 4.78 is 10.9. The number of benzene rings is 1. The van der Waals surface area contributed by atoms with Crippen molar-refractivity contribution >= 4 is 0 Å². The Morgan fingerprint density at radius 1 is 0.806 bits per heavy atom. The molecule has 0 amide bonds. The van der Waals surface area contributed by atoms with Gasteiger partial charge in [-0.3, -0.25) is 9.80 Å². The number of rotatable bonds is 10. The Balaban J connectivity index is 1.33. The number of allylic oxidation sites excluding steroid dienone is 5. The smallest absolute Gasteiger partial charge is 0.231 e. The molecule has 170 valence electrons. The lowest BCUT2D eigenvalue weighted by molar-refractivity contribution is 0.136. The average molecular weight is 425 g/mol. The second kappa shape index (κ2) is 12.1. The molecule has 0 aromatic heterocycles. The maximum absolute atomic E-state index is 5.51. The highest BCUT2D eigenvalue weighted by Crippen LogP contribution is 2.32. The molecule has 3 rings (SSSR count). The predicted octanol–water partition coefficient (Wildman–Crippen LogP) is 5.95. The van der Waals surface area contributed by atoms with Crippen LogP contribution in [-0.4, -0.2) is 49.3 Å². The van der Waals surface area contributed by atoms with Gasteiger partial charge >= 0.3 is 0 Å². The van der Waals surface area contributed by atoms with Crippen molar-refractivity contribution in [2.24, 2.45) is 0 Å². The first-order valence-electron chi connectivity index (χ1n) is 11.8. The van der Waals surface area contributed by atoms with Crippen LogP contribution in [0.1, 0.15) is 58.9 Å². The fraction of sp³-hybridized carbons (Fsp3) is 0.556. The Labute approximate surface area is 189 Å². The Morgan fingerprint density at radius 2 is 1.45 bits per heavy atom. The minimum absolute atomic E-state index is 0.344. The second-order valence-electron chi connectivity index (χ2n) is 9.22. The second-order valence-corrected chi connectivity index (χ2v) is 9.22. The van der Waals surface area contributed by atoms with Crippen molar-refractivity contribution in [2.75, 3.05) is 39.5 Å². The van der Waals surface area contributed by atoms with Crippen LogP contribution in [-0.2, 0) is 6.54 Å². The number of fused-ring (bicyclic) bond motifs is 1. The SMILES string of the molecule is CC(C)=CCC/C(C)=C\CC/C(C)=C/CN1CCN(Cc2ccc3c(c2)OCO3)CC1. The maximum atomic E-state index is 5.51. The van der Waals surface area contributed by atoms with E-state index in [-0.39, 0.29) is 0 Å². The molecule has 1 aromatic carbocycles. The highest BCUT2D eigenvalue weighted by atomic mass is 16.7. The van der Waals surface area contributed by atoms with E-state index < -0.39 is 0 Å². The summed E-state index contributed by atoms with van der Waals surface area (Å²) in [5, 5.41) is 0. The van der Waals surface area contributed by atoms with E-state index in [0.717, 1.165) is 57.2 Å². The summed E-state index contributed by atoms with van der Waals surface area (Å²) in [4.78, 5) is 5.10. The van der Waals surface area contributed by atoms with Crippen molar-refractivity contribution in [3.8, 4) is 11.5 Å². The summed E-state index contributed by atoms with van der Waals surface area (Å²) in [7, 11) is 0. The number of ether oxygens (including phenoxy) is 2. The van der Waals surface area contributed by atoms with Crippen LogP contribution in [0, 0.1) is 0 Å². The zero-order valence-electron chi connectivity index (χ0n) is 20.0. The van der Waals surface area contributed by atoms with E-state index >= 15 is 0 Å². The molecular weight excluding hydrogens is 384 g/mol. The van der Waals surface area contributed by atoms with Gasteiger partial charge in [-0.05, 0) is 71.1 Å². The summed E-state index contributed by atoms with van der Waals surface area (Å²) in [5.41, 5.74) is 5.75. The van der Waals surface area contributed by atoms with Gasteiger partial charge in [0, 0.05) is 39.3 Å². The third-order valence-electron chi connectivity index (χ3n) is 6.13. The quantitative estimate of drug-likeness (QED) is 0.433. The topological polar surface area (TPSA) is 24.9 Å². The van der Waals surface area contributed by atoms with Crippen molar-refractivity contribution < 1.29 is 9.47 Å². The van der Waals surface area contributed by atoms with E-state index in [4.69, 9.17) is 9.47 Å². The number of piperazine rings is 1. The van der Waals surface area contributed by atoms with E-state index in [1.807, 2.05) is 6.07 Å². The molecule has 2 heterocycles. The standard InChI is InChI=1S/C27H40N2O2/c1-22(2)7-5-8-23(3)9-6-10-24(4)13-14-28-15-17-29(18-16-28)20-25-11-12-26-27(19-25)31-21-30-26/h7,9,11-13,19H,5-6,8,10,14-18,20-21H2,1-4H3/b23-9-,24-13+. The van der Waals surface area contributed by atoms with Gasteiger partial charge in [0.2, 0.25) is 6.79 Å². The number of hydrogen-bond donors (Lipinski definition) is 0. The molecule has 1 fully saturated rings. The van der Waals surface area contributed by atoms with Crippen molar-refractivity contribution in [2.45, 2.75) is 59.9 Å². The van der Waals surface area contributed by atoms with Crippen molar-refractivity contribution in [1.82, 2.24) is 9.80 Å². The molecule has 0 spiro atoms. The highest BCUT2D eigenvalue weighted by molar-refractivity contribution is 5.44. The first-order valence-corrected chi connectivity index (χ1v) is 11.8.